The Morgan fingerprint density at radius 3 is 2.20 bits per heavy atom. The number of hydrogen-bond donors (Lipinski definition) is 1. The molecular weight excluding hydrogens is 485 g/mol. The molecule has 1 heterocycles. The summed E-state index contributed by atoms with van der Waals surface area (Å²) in [5.74, 6) is -1.70. The van der Waals surface area contributed by atoms with Gasteiger partial charge in [-0.3, -0.25) is 9.69 Å². The van der Waals surface area contributed by atoms with E-state index in [1.54, 1.807) is 30.3 Å². The molecule has 0 radical (unpaired) electrons. The van der Waals surface area contributed by atoms with Crippen LogP contribution in [-0.4, -0.2) is 60.2 Å². The number of alkyl halides is 3. The molecule has 11 heteroatoms. The van der Waals surface area contributed by atoms with Crippen LogP contribution >= 0.6 is 0 Å². The Kier molecular flexibility index (Phi) is 6.87. The maximum absolute atomic E-state index is 13.5. The average molecular weight is 513 g/mol. The first-order chi connectivity index (χ1) is 16.3. The number of carboxylic acids is 1. The number of piperazine rings is 1. The summed E-state index contributed by atoms with van der Waals surface area (Å²) < 4.78 is 69.5. The molecule has 0 spiro atoms. The van der Waals surface area contributed by atoms with E-state index < -0.39 is 28.3 Å². The minimum atomic E-state index is -4.75. The van der Waals surface area contributed by atoms with Gasteiger partial charge in [0, 0.05) is 31.7 Å². The van der Waals surface area contributed by atoms with Gasteiger partial charge in [0.2, 0.25) is 10.0 Å². The van der Waals surface area contributed by atoms with Crippen LogP contribution < -0.4 is 4.74 Å². The van der Waals surface area contributed by atoms with Crippen molar-refractivity contribution in [3.8, 4) is 5.75 Å². The van der Waals surface area contributed by atoms with Gasteiger partial charge in [-0.1, -0.05) is 18.2 Å². The first-order valence-corrected chi connectivity index (χ1v) is 12.7. The Morgan fingerprint density at radius 2 is 1.63 bits per heavy atom. The van der Waals surface area contributed by atoms with E-state index in [-0.39, 0.29) is 22.7 Å². The maximum Gasteiger partial charge on any atom is 0.573 e. The van der Waals surface area contributed by atoms with Crippen LogP contribution in [-0.2, 0) is 34.2 Å². The van der Waals surface area contributed by atoms with Crippen molar-refractivity contribution < 1.29 is 36.2 Å². The Hall–Kier alpha value is -2.63. The summed E-state index contributed by atoms with van der Waals surface area (Å²) in [5.41, 5.74) is 2.42. The smallest absolute Gasteiger partial charge is 0.481 e. The van der Waals surface area contributed by atoms with Crippen molar-refractivity contribution >= 4 is 16.0 Å². The highest BCUT2D eigenvalue weighted by Crippen LogP contribution is 2.32. The SMILES string of the molecule is C[C@@H]1CN(Cc2ccc(OC(F)(F)F)cc2)C[C@H](C)N1S(=O)(=O)c1ccc2c(c1)CC(C(=O)O)C2. The van der Waals surface area contributed by atoms with E-state index in [9.17, 15) is 31.5 Å². The highest BCUT2D eigenvalue weighted by molar-refractivity contribution is 7.89. The number of fused-ring (bicyclic) bond motifs is 1. The zero-order valence-corrected chi connectivity index (χ0v) is 20.1. The fourth-order valence-corrected chi connectivity index (χ4v) is 6.98. The molecule has 0 saturated carbocycles. The molecular formula is C24H27F3N2O5S. The van der Waals surface area contributed by atoms with Crippen LogP contribution in [0.3, 0.4) is 0 Å². The number of sulfonamides is 1. The van der Waals surface area contributed by atoms with Crippen molar-refractivity contribution in [3.05, 3.63) is 59.2 Å². The molecule has 0 bridgehead atoms. The lowest BCUT2D eigenvalue weighted by Gasteiger charge is -2.43. The van der Waals surface area contributed by atoms with Crippen LogP contribution in [0.4, 0.5) is 13.2 Å². The van der Waals surface area contributed by atoms with Crippen molar-refractivity contribution in [3.63, 3.8) is 0 Å². The molecule has 2 aromatic rings. The molecule has 1 saturated heterocycles. The minimum absolute atomic E-state index is 0.162. The lowest BCUT2D eigenvalue weighted by atomic mass is 10.1. The lowest BCUT2D eigenvalue weighted by molar-refractivity contribution is -0.274. The number of ether oxygens (including phenoxy) is 1. The van der Waals surface area contributed by atoms with Crippen LogP contribution in [0.1, 0.15) is 30.5 Å². The third kappa shape index (κ3) is 5.62. The van der Waals surface area contributed by atoms with Crippen molar-refractivity contribution in [2.24, 2.45) is 5.92 Å². The number of rotatable bonds is 6. The third-order valence-electron chi connectivity index (χ3n) is 6.51. The van der Waals surface area contributed by atoms with Gasteiger partial charge in [0.15, 0.2) is 0 Å². The number of carbonyl (C=O) groups is 1. The Labute approximate surface area is 202 Å². The molecule has 4 rings (SSSR count). The van der Waals surface area contributed by atoms with Gasteiger partial charge in [-0.15, -0.1) is 13.2 Å². The third-order valence-corrected chi connectivity index (χ3v) is 8.64. The predicted octanol–water partition coefficient (Wildman–Crippen LogP) is 3.67. The van der Waals surface area contributed by atoms with Crippen molar-refractivity contribution in [1.29, 1.82) is 0 Å². The standard InChI is InChI=1S/C24H27F3N2O5S/c1-15-12-28(14-17-3-6-21(7-4-17)34-24(25,26)27)13-16(2)29(15)35(32,33)22-8-5-18-9-20(23(30)31)10-19(18)11-22/h3-8,11,15-16,20H,9-10,12-14H2,1-2H3,(H,30,31)/t15-,16+,20?. The van der Waals surface area contributed by atoms with Gasteiger partial charge < -0.3 is 9.84 Å². The second-order valence-electron chi connectivity index (χ2n) is 9.29. The van der Waals surface area contributed by atoms with Crippen molar-refractivity contribution in [1.82, 2.24) is 9.21 Å². The number of nitrogens with zero attached hydrogens (tertiary/aromatic N) is 2. The van der Waals surface area contributed by atoms with Crippen molar-refractivity contribution in [2.75, 3.05) is 13.1 Å². The summed E-state index contributed by atoms with van der Waals surface area (Å²) >= 11 is 0. The molecule has 35 heavy (non-hydrogen) atoms. The highest BCUT2D eigenvalue weighted by atomic mass is 32.2. The highest BCUT2D eigenvalue weighted by Gasteiger charge is 2.39. The average Bonchev–Trinajstić information content (AvgIpc) is 3.17. The fraction of sp³-hybridized carbons (Fsp3) is 0.458. The van der Waals surface area contributed by atoms with Crippen molar-refractivity contribution in [2.45, 2.75) is 56.6 Å². The summed E-state index contributed by atoms with van der Waals surface area (Å²) in [6, 6.07) is 9.84. The molecule has 3 atom stereocenters. The van der Waals surface area contributed by atoms with E-state index in [1.165, 1.54) is 16.4 Å². The second kappa shape index (κ2) is 9.44. The van der Waals surface area contributed by atoms with E-state index in [0.717, 1.165) is 16.7 Å². The molecule has 190 valence electrons. The molecule has 1 N–H and O–H groups in total. The Morgan fingerprint density at radius 1 is 1.03 bits per heavy atom. The molecule has 1 fully saturated rings. The first-order valence-electron chi connectivity index (χ1n) is 11.3. The first kappa shape index (κ1) is 25.5. The molecule has 7 nitrogen and oxygen atoms in total. The van der Waals surface area contributed by atoms with Crippen LogP contribution in [0, 0.1) is 5.92 Å². The maximum atomic E-state index is 13.5. The van der Waals surface area contributed by atoms with Crippen LogP contribution in [0.15, 0.2) is 47.4 Å². The van der Waals surface area contributed by atoms with E-state index in [2.05, 4.69) is 9.64 Å². The molecule has 0 amide bonds. The van der Waals surface area contributed by atoms with Gasteiger partial charge in [0.05, 0.1) is 10.8 Å². The Balaban J connectivity index is 1.44. The molecule has 1 unspecified atom stereocenters. The molecule has 0 aromatic heterocycles. The number of hydrogen-bond acceptors (Lipinski definition) is 5. The summed E-state index contributed by atoms with van der Waals surface area (Å²) in [4.78, 5) is 13.6. The van der Waals surface area contributed by atoms with Crippen LogP contribution in [0.25, 0.3) is 0 Å². The van der Waals surface area contributed by atoms with Gasteiger partial charge in [-0.25, -0.2) is 8.42 Å². The molecule has 1 aliphatic carbocycles. The van der Waals surface area contributed by atoms with Gasteiger partial charge in [-0.2, -0.15) is 4.31 Å². The summed E-state index contributed by atoms with van der Waals surface area (Å²) in [7, 11) is -3.80. The molecule has 1 aliphatic heterocycles. The molecule has 2 aliphatic rings. The van der Waals surface area contributed by atoms with Crippen LogP contribution in [0.2, 0.25) is 0 Å². The van der Waals surface area contributed by atoms with Crippen LogP contribution in [0.5, 0.6) is 5.75 Å². The quantitative estimate of drug-likeness (QED) is 0.636. The summed E-state index contributed by atoms with van der Waals surface area (Å²) in [6.07, 6.45) is -4.02. The van der Waals surface area contributed by atoms with E-state index in [4.69, 9.17) is 0 Å². The largest absolute Gasteiger partial charge is 0.573 e. The monoisotopic (exact) mass is 512 g/mol. The zero-order chi connectivity index (χ0) is 25.5. The molecule has 2 aromatic carbocycles. The van der Waals surface area contributed by atoms with E-state index >= 15 is 0 Å². The van der Waals surface area contributed by atoms with E-state index in [0.29, 0.717) is 32.5 Å². The fourth-order valence-electron chi connectivity index (χ4n) is 5.13. The lowest BCUT2D eigenvalue weighted by Crippen LogP contribution is -2.58. The summed E-state index contributed by atoms with van der Waals surface area (Å²) in [6.45, 7) is 5.03. The number of carboxylic acid groups (broad SMARTS) is 1. The number of aliphatic carboxylic acids is 1. The minimum Gasteiger partial charge on any atom is -0.481 e. The van der Waals surface area contributed by atoms with E-state index in [1.807, 2.05) is 13.8 Å². The number of halogens is 3. The topological polar surface area (TPSA) is 87.2 Å². The summed E-state index contributed by atoms with van der Waals surface area (Å²) in [5, 5.41) is 9.29. The van der Waals surface area contributed by atoms with Gasteiger partial charge in [-0.05, 0) is 67.6 Å². The predicted molar refractivity (Wildman–Crippen MR) is 121 cm³/mol. The number of benzene rings is 2. The van der Waals surface area contributed by atoms with Gasteiger partial charge >= 0.3 is 12.3 Å². The normalized spacial score (nSPS) is 23.7. The van der Waals surface area contributed by atoms with Gasteiger partial charge in [0.25, 0.3) is 0 Å². The second-order valence-corrected chi connectivity index (χ2v) is 11.1. The van der Waals surface area contributed by atoms with Gasteiger partial charge in [0.1, 0.15) is 5.75 Å². The Bertz CT molecular complexity index is 1190. The zero-order valence-electron chi connectivity index (χ0n) is 19.3.